The molecule has 1 fully saturated rings. The van der Waals surface area contributed by atoms with Crippen molar-refractivity contribution in [2.24, 2.45) is 5.92 Å². The van der Waals surface area contributed by atoms with Gasteiger partial charge in [-0.05, 0) is 48.1 Å². The Morgan fingerprint density at radius 1 is 1.12 bits per heavy atom. The van der Waals surface area contributed by atoms with E-state index in [1.165, 1.54) is 9.87 Å². The largest absolute Gasteiger partial charge is 0.492 e. The summed E-state index contributed by atoms with van der Waals surface area (Å²) in [4.78, 5) is 12.7. The number of ether oxygens (including phenoxy) is 1. The van der Waals surface area contributed by atoms with E-state index in [0.29, 0.717) is 48.1 Å². The molecule has 186 valence electrons. The van der Waals surface area contributed by atoms with Crippen LogP contribution >= 0.6 is 23.2 Å². The standard InChI is InChI=1S/C25H32Cl2N2O4S/c1-25(2,3)19-9-11-20(12-10-19)33-15-13-28-24(30)18-6-5-14-29(16-18)34(31,32)17-21-22(26)7-4-8-23(21)27/h4,7-12,18H,5-6,13-17H2,1-3H3,(H,28,30)/t18-/m1/s1. The molecule has 1 aliphatic rings. The van der Waals surface area contributed by atoms with E-state index in [4.69, 9.17) is 27.9 Å². The molecule has 2 aromatic rings. The monoisotopic (exact) mass is 526 g/mol. The first-order valence-electron chi connectivity index (χ1n) is 11.4. The third kappa shape index (κ3) is 7.11. The van der Waals surface area contributed by atoms with E-state index in [0.717, 1.165) is 5.75 Å². The third-order valence-electron chi connectivity index (χ3n) is 5.93. The number of sulfonamides is 1. The van der Waals surface area contributed by atoms with Crippen molar-refractivity contribution in [2.75, 3.05) is 26.2 Å². The fourth-order valence-electron chi connectivity index (χ4n) is 3.89. The molecule has 6 nitrogen and oxygen atoms in total. The molecule has 0 aromatic heterocycles. The van der Waals surface area contributed by atoms with Gasteiger partial charge in [-0.3, -0.25) is 4.79 Å². The maximum atomic E-state index is 13.0. The molecule has 34 heavy (non-hydrogen) atoms. The second-order valence-electron chi connectivity index (χ2n) is 9.57. The Labute approximate surface area is 212 Å². The first-order valence-corrected chi connectivity index (χ1v) is 13.8. The molecule has 0 radical (unpaired) electrons. The Bertz CT molecular complexity index is 1080. The molecule has 9 heteroatoms. The van der Waals surface area contributed by atoms with Gasteiger partial charge in [0.05, 0.1) is 18.2 Å². The summed E-state index contributed by atoms with van der Waals surface area (Å²) in [5.41, 5.74) is 1.68. The highest BCUT2D eigenvalue weighted by atomic mass is 35.5. The molecular weight excluding hydrogens is 495 g/mol. The van der Waals surface area contributed by atoms with E-state index in [1.807, 2.05) is 24.3 Å². The van der Waals surface area contributed by atoms with Crippen molar-refractivity contribution >= 4 is 39.1 Å². The van der Waals surface area contributed by atoms with E-state index in [1.54, 1.807) is 18.2 Å². The minimum absolute atomic E-state index is 0.0769. The first-order chi connectivity index (χ1) is 16.0. The van der Waals surface area contributed by atoms with Crippen LogP contribution in [0.2, 0.25) is 10.0 Å². The normalized spacial score (nSPS) is 17.4. The summed E-state index contributed by atoms with van der Waals surface area (Å²) in [5, 5.41) is 3.50. The fraction of sp³-hybridized carbons (Fsp3) is 0.480. The number of carbonyl (C=O) groups excluding carboxylic acids is 1. The second kappa shape index (κ2) is 11.3. The molecule has 0 saturated carbocycles. The van der Waals surface area contributed by atoms with E-state index in [-0.39, 0.29) is 23.6 Å². The number of piperidine rings is 1. The number of nitrogens with one attached hydrogen (secondary N) is 1. The summed E-state index contributed by atoms with van der Waals surface area (Å²) in [6.45, 7) is 7.66. The highest BCUT2D eigenvalue weighted by Crippen LogP contribution is 2.29. The summed E-state index contributed by atoms with van der Waals surface area (Å²) < 4.78 is 33.1. The predicted molar refractivity (Wildman–Crippen MR) is 137 cm³/mol. The van der Waals surface area contributed by atoms with Gasteiger partial charge in [0.25, 0.3) is 0 Å². The van der Waals surface area contributed by atoms with Gasteiger partial charge in [-0.15, -0.1) is 0 Å². The third-order valence-corrected chi connectivity index (χ3v) is 8.41. The number of rotatable bonds is 8. The number of halogens is 2. The topological polar surface area (TPSA) is 75.7 Å². The second-order valence-corrected chi connectivity index (χ2v) is 12.4. The highest BCUT2D eigenvalue weighted by Gasteiger charge is 2.33. The molecule has 3 rings (SSSR count). The summed E-state index contributed by atoms with van der Waals surface area (Å²) in [6, 6.07) is 12.8. The fourth-order valence-corrected chi connectivity index (χ4v) is 6.25. The zero-order valence-corrected chi connectivity index (χ0v) is 22.1. The zero-order chi connectivity index (χ0) is 24.9. The van der Waals surface area contributed by atoms with Gasteiger partial charge in [0, 0.05) is 28.7 Å². The van der Waals surface area contributed by atoms with Crippen LogP contribution in [0.15, 0.2) is 42.5 Å². The Morgan fingerprint density at radius 3 is 2.38 bits per heavy atom. The van der Waals surface area contributed by atoms with Crippen LogP contribution < -0.4 is 10.1 Å². The lowest BCUT2D eigenvalue weighted by Crippen LogP contribution is -2.46. The van der Waals surface area contributed by atoms with Crippen LogP contribution in [-0.4, -0.2) is 44.9 Å². The van der Waals surface area contributed by atoms with Crippen LogP contribution in [0.3, 0.4) is 0 Å². The number of nitrogens with zero attached hydrogens (tertiary/aromatic N) is 1. The van der Waals surface area contributed by atoms with Crippen molar-refractivity contribution in [3.63, 3.8) is 0 Å². The summed E-state index contributed by atoms with van der Waals surface area (Å²) in [5.74, 6) is -0.115. The van der Waals surface area contributed by atoms with Crippen molar-refractivity contribution in [1.29, 1.82) is 0 Å². The van der Waals surface area contributed by atoms with E-state index in [9.17, 15) is 13.2 Å². The lowest BCUT2D eigenvalue weighted by atomic mass is 9.87. The summed E-state index contributed by atoms with van der Waals surface area (Å²) >= 11 is 12.3. The molecule has 0 spiro atoms. The Hall–Kier alpha value is -1.80. The van der Waals surface area contributed by atoms with E-state index in [2.05, 4.69) is 26.1 Å². The van der Waals surface area contributed by atoms with Gasteiger partial charge in [0.1, 0.15) is 12.4 Å². The Kier molecular flexibility index (Phi) is 8.90. The number of hydrogen-bond acceptors (Lipinski definition) is 4. The van der Waals surface area contributed by atoms with Crippen LogP contribution in [0.25, 0.3) is 0 Å². The molecule has 1 N–H and O–H groups in total. The van der Waals surface area contributed by atoms with Crippen molar-refractivity contribution in [2.45, 2.75) is 44.8 Å². The van der Waals surface area contributed by atoms with Crippen molar-refractivity contribution < 1.29 is 17.9 Å². The van der Waals surface area contributed by atoms with Crippen molar-refractivity contribution in [3.05, 3.63) is 63.6 Å². The van der Waals surface area contributed by atoms with Crippen LogP contribution in [0, 0.1) is 5.92 Å². The maximum absolute atomic E-state index is 13.0. The molecule has 0 unspecified atom stereocenters. The highest BCUT2D eigenvalue weighted by molar-refractivity contribution is 7.88. The van der Waals surface area contributed by atoms with Gasteiger partial charge < -0.3 is 10.1 Å². The molecule has 0 aliphatic carbocycles. The van der Waals surface area contributed by atoms with Crippen LogP contribution in [0.5, 0.6) is 5.75 Å². The lowest BCUT2D eigenvalue weighted by molar-refractivity contribution is -0.126. The van der Waals surface area contributed by atoms with Crippen molar-refractivity contribution in [1.82, 2.24) is 9.62 Å². The minimum Gasteiger partial charge on any atom is -0.492 e. The number of carbonyl (C=O) groups is 1. The molecule has 1 aliphatic heterocycles. The summed E-state index contributed by atoms with van der Waals surface area (Å²) in [6.07, 6.45) is 1.25. The minimum atomic E-state index is -3.66. The smallest absolute Gasteiger partial charge is 0.224 e. The molecule has 1 amide bonds. The van der Waals surface area contributed by atoms with Crippen LogP contribution in [0.4, 0.5) is 0 Å². The number of amides is 1. The molecule has 2 aromatic carbocycles. The molecule has 1 saturated heterocycles. The molecular formula is C25H32Cl2N2O4S. The van der Waals surface area contributed by atoms with Gasteiger partial charge >= 0.3 is 0 Å². The summed E-state index contributed by atoms with van der Waals surface area (Å²) in [7, 11) is -3.66. The van der Waals surface area contributed by atoms with Gasteiger partial charge in [0.15, 0.2) is 0 Å². The lowest BCUT2D eigenvalue weighted by Gasteiger charge is -2.31. The number of benzene rings is 2. The molecule has 0 bridgehead atoms. The van der Waals surface area contributed by atoms with E-state index < -0.39 is 15.9 Å². The predicted octanol–water partition coefficient (Wildman–Crippen LogP) is 5.03. The first kappa shape index (κ1) is 26.8. The van der Waals surface area contributed by atoms with Gasteiger partial charge in [0.2, 0.25) is 15.9 Å². The molecule has 1 atom stereocenters. The Balaban J connectivity index is 1.49. The number of hydrogen-bond donors (Lipinski definition) is 1. The zero-order valence-electron chi connectivity index (χ0n) is 19.8. The SMILES string of the molecule is CC(C)(C)c1ccc(OCCNC(=O)[C@@H]2CCCN(S(=O)(=O)Cc3c(Cl)cccc3Cl)C2)cc1. The average molecular weight is 528 g/mol. The Morgan fingerprint density at radius 2 is 1.76 bits per heavy atom. The van der Waals surface area contributed by atoms with Crippen molar-refractivity contribution in [3.8, 4) is 5.75 Å². The van der Waals surface area contributed by atoms with Gasteiger partial charge in [-0.2, -0.15) is 0 Å². The van der Waals surface area contributed by atoms with Crippen LogP contribution in [-0.2, 0) is 26.0 Å². The van der Waals surface area contributed by atoms with E-state index >= 15 is 0 Å². The molecule has 1 heterocycles. The maximum Gasteiger partial charge on any atom is 0.224 e. The van der Waals surface area contributed by atoms with Crippen LogP contribution in [0.1, 0.15) is 44.7 Å². The quantitative estimate of drug-likeness (QED) is 0.489. The van der Waals surface area contributed by atoms with Gasteiger partial charge in [-0.1, -0.05) is 62.2 Å². The average Bonchev–Trinajstić information content (AvgIpc) is 2.79. The van der Waals surface area contributed by atoms with Gasteiger partial charge in [-0.25, -0.2) is 12.7 Å².